The summed E-state index contributed by atoms with van der Waals surface area (Å²) in [6.07, 6.45) is 2.99. The molecule has 1 rings (SSSR count). The number of rotatable bonds is 2. The van der Waals surface area contributed by atoms with Crippen LogP contribution in [0.3, 0.4) is 0 Å². The van der Waals surface area contributed by atoms with E-state index < -0.39 is 0 Å². The molecule has 0 aliphatic rings. The summed E-state index contributed by atoms with van der Waals surface area (Å²) in [7, 11) is 0. The molecule has 0 bridgehead atoms. The molecule has 0 aromatic heterocycles. The molecule has 0 atom stereocenters. The van der Waals surface area contributed by atoms with Crippen molar-refractivity contribution in [2.24, 2.45) is 0 Å². The Labute approximate surface area is 86.5 Å². The Morgan fingerprint density at radius 3 is 2.14 bits per heavy atom. The SMILES string of the molecule is C/C=C(\C)Cc1ccc(F)cc1.CC. The smallest absolute Gasteiger partial charge is 0.123 e. The second kappa shape index (κ2) is 7.31. The summed E-state index contributed by atoms with van der Waals surface area (Å²) in [4.78, 5) is 0. The van der Waals surface area contributed by atoms with Crippen LogP contribution >= 0.6 is 0 Å². The first-order valence-corrected chi connectivity index (χ1v) is 5.08. The van der Waals surface area contributed by atoms with E-state index in [4.69, 9.17) is 0 Å². The molecule has 0 spiro atoms. The maximum atomic E-state index is 12.5. The van der Waals surface area contributed by atoms with Gasteiger partial charge in [-0.2, -0.15) is 0 Å². The minimum Gasteiger partial charge on any atom is -0.207 e. The minimum atomic E-state index is -0.170. The van der Waals surface area contributed by atoms with E-state index in [0.717, 1.165) is 12.0 Å². The van der Waals surface area contributed by atoms with Crippen LogP contribution in [-0.2, 0) is 6.42 Å². The molecular weight excluding hydrogens is 175 g/mol. The number of halogens is 1. The van der Waals surface area contributed by atoms with Gasteiger partial charge in [-0.15, -0.1) is 0 Å². The standard InChI is InChI=1S/C11H13F.C2H6/c1-3-9(2)8-10-4-6-11(12)7-5-10;1-2/h3-7H,8H2,1-2H3;1-2H3/b9-3+;. The van der Waals surface area contributed by atoms with Crippen molar-refractivity contribution in [3.8, 4) is 0 Å². The molecule has 0 aliphatic carbocycles. The normalized spacial score (nSPS) is 10.5. The summed E-state index contributed by atoms with van der Waals surface area (Å²) in [5, 5.41) is 0. The molecule has 0 aliphatic heterocycles. The van der Waals surface area contributed by atoms with Gasteiger partial charge in [0, 0.05) is 0 Å². The molecule has 0 nitrogen and oxygen atoms in total. The van der Waals surface area contributed by atoms with Crippen molar-refractivity contribution in [3.63, 3.8) is 0 Å². The number of hydrogen-bond acceptors (Lipinski definition) is 0. The second-order valence-electron chi connectivity index (χ2n) is 2.94. The molecular formula is C13H19F. The van der Waals surface area contributed by atoms with Crippen molar-refractivity contribution in [1.29, 1.82) is 0 Å². The largest absolute Gasteiger partial charge is 0.207 e. The molecule has 1 aromatic rings. The van der Waals surface area contributed by atoms with Gasteiger partial charge in [-0.25, -0.2) is 4.39 Å². The molecule has 0 fully saturated rings. The van der Waals surface area contributed by atoms with E-state index in [0.29, 0.717) is 0 Å². The van der Waals surface area contributed by atoms with Gasteiger partial charge >= 0.3 is 0 Å². The molecule has 0 saturated heterocycles. The Morgan fingerprint density at radius 1 is 1.21 bits per heavy atom. The van der Waals surface area contributed by atoms with Gasteiger partial charge in [0.1, 0.15) is 5.82 Å². The third kappa shape index (κ3) is 4.80. The zero-order chi connectivity index (χ0) is 11.0. The van der Waals surface area contributed by atoms with Gasteiger partial charge in [0.15, 0.2) is 0 Å². The van der Waals surface area contributed by atoms with Crippen molar-refractivity contribution >= 4 is 0 Å². The zero-order valence-electron chi connectivity index (χ0n) is 9.47. The van der Waals surface area contributed by atoms with Crippen LogP contribution in [0, 0.1) is 5.82 Å². The average molecular weight is 194 g/mol. The van der Waals surface area contributed by atoms with Gasteiger partial charge in [-0.3, -0.25) is 0 Å². The molecule has 0 radical (unpaired) electrons. The fourth-order valence-electron chi connectivity index (χ4n) is 1.03. The Kier molecular flexibility index (Phi) is 6.73. The lowest BCUT2D eigenvalue weighted by Crippen LogP contribution is -1.86. The zero-order valence-corrected chi connectivity index (χ0v) is 9.47. The van der Waals surface area contributed by atoms with Gasteiger partial charge in [0.05, 0.1) is 0 Å². The second-order valence-corrected chi connectivity index (χ2v) is 2.94. The lowest BCUT2D eigenvalue weighted by atomic mass is 10.1. The van der Waals surface area contributed by atoms with E-state index in [1.54, 1.807) is 0 Å². The molecule has 0 amide bonds. The maximum Gasteiger partial charge on any atom is 0.123 e. The van der Waals surface area contributed by atoms with E-state index in [9.17, 15) is 4.39 Å². The van der Waals surface area contributed by atoms with Gasteiger partial charge in [0.25, 0.3) is 0 Å². The van der Waals surface area contributed by atoms with Crippen molar-refractivity contribution < 1.29 is 4.39 Å². The quantitative estimate of drug-likeness (QED) is 0.613. The summed E-state index contributed by atoms with van der Waals surface area (Å²) >= 11 is 0. The summed E-state index contributed by atoms with van der Waals surface area (Å²) < 4.78 is 12.5. The highest BCUT2D eigenvalue weighted by Crippen LogP contribution is 2.08. The van der Waals surface area contributed by atoms with E-state index in [1.807, 2.05) is 32.9 Å². The topological polar surface area (TPSA) is 0 Å². The Bertz CT molecular complexity index is 270. The first-order chi connectivity index (χ1) is 6.72. The Hall–Kier alpha value is -1.11. The Balaban J connectivity index is 0.000000791. The number of benzene rings is 1. The summed E-state index contributed by atoms with van der Waals surface area (Å²) in [6.45, 7) is 8.09. The number of hydrogen-bond donors (Lipinski definition) is 0. The van der Waals surface area contributed by atoms with Crippen LogP contribution in [0.2, 0.25) is 0 Å². The minimum absolute atomic E-state index is 0.170. The van der Waals surface area contributed by atoms with Crippen molar-refractivity contribution in [1.82, 2.24) is 0 Å². The Morgan fingerprint density at radius 2 is 1.71 bits per heavy atom. The molecule has 0 heterocycles. The van der Waals surface area contributed by atoms with Crippen LogP contribution in [0.25, 0.3) is 0 Å². The van der Waals surface area contributed by atoms with Crippen LogP contribution in [0.15, 0.2) is 35.9 Å². The summed E-state index contributed by atoms with van der Waals surface area (Å²) in [5.74, 6) is -0.170. The van der Waals surface area contributed by atoms with Crippen molar-refractivity contribution in [2.45, 2.75) is 34.1 Å². The highest BCUT2D eigenvalue weighted by molar-refractivity contribution is 5.21. The van der Waals surface area contributed by atoms with Crippen LogP contribution in [0.4, 0.5) is 4.39 Å². The molecule has 1 heteroatoms. The van der Waals surface area contributed by atoms with E-state index in [-0.39, 0.29) is 5.82 Å². The predicted octanol–water partition coefficient (Wildman–Crippen LogP) is 4.36. The fourth-order valence-corrected chi connectivity index (χ4v) is 1.03. The van der Waals surface area contributed by atoms with Gasteiger partial charge in [0.2, 0.25) is 0 Å². The van der Waals surface area contributed by atoms with E-state index in [1.165, 1.54) is 17.7 Å². The molecule has 0 unspecified atom stereocenters. The molecule has 78 valence electrons. The summed E-state index contributed by atoms with van der Waals surface area (Å²) in [5.41, 5.74) is 2.47. The van der Waals surface area contributed by atoms with E-state index in [2.05, 4.69) is 13.0 Å². The molecule has 1 aromatic carbocycles. The first kappa shape index (κ1) is 12.9. The fraction of sp³-hybridized carbons (Fsp3) is 0.385. The highest BCUT2D eigenvalue weighted by atomic mass is 19.1. The van der Waals surface area contributed by atoms with Crippen LogP contribution in [0.5, 0.6) is 0 Å². The van der Waals surface area contributed by atoms with Crippen molar-refractivity contribution in [2.75, 3.05) is 0 Å². The maximum absolute atomic E-state index is 12.5. The van der Waals surface area contributed by atoms with E-state index >= 15 is 0 Å². The lowest BCUT2D eigenvalue weighted by molar-refractivity contribution is 0.627. The molecule has 0 N–H and O–H groups in total. The third-order valence-electron chi connectivity index (χ3n) is 1.89. The highest BCUT2D eigenvalue weighted by Gasteiger charge is 1.93. The summed E-state index contributed by atoms with van der Waals surface area (Å²) in [6, 6.07) is 6.64. The van der Waals surface area contributed by atoms with Crippen LogP contribution < -0.4 is 0 Å². The van der Waals surface area contributed by atoms with Crippen LogP contribution in [0.1, 0.15) is 33.3 Å². The molecule has 14 heavy (non-hydrogen) atoms. The van der Waals surface area contributed by atoms with Crippen LogP contribution in [-0.4, -0.2) is 0 Å². The van der Waals surface area contributed by atoms with Gasteiger partial charge < -0.3 is 0 Å². The first-order valence-electron chi connectivity index (χ1n) is 5.08. The lowest BCUT2D eigenvalue weighted by Gasteiger charge is -2.00. The average Bonchev–Trinajstić information content (AvgIpc) is 2.24. The number of allylic oxidation sites excluding steroid dienone is 2. The predicted molar refractivity (Wildman–Crippen MR) is 60.9 cm³/mol. The molecule has 0 saturated carbocycles. The van der Waals surface area contributed by atoms with Crippen molar-refractivity contribution in [3.05, 3.63) is 47.3 Å². The third-order valence-corrected chi connectivity index (χ3v) is 1.89. The van der Waals surface area contributed by atoms with Gasteiger partial charge in [-0.1, -0.05) is 37.6 Å². The van der Waals surface area contributed by atoms with Gasteiger partial charge in [-0.05, 0) is 38.0 Å². The monoisotopic (exact) mass is 194 g/mol.